The topological polar surface area (TPSA) is 29.1 Å². The first kappa shape index (κ1) is 12.4. The van der Waals surface area contributed by atoms with Crippen molar-refractivity contribution in [1.82, 2.24) is 0 Å². The Morgan fingerprint density at radius 1 is 1.28 bits per heavy atom. The van der Waals surface area contributed by atoms with Gasteiger partial charge in [-0.25, -0.2) is 4.39 Å². The highest BCUT2D eigenvalue weighted by molar-refractivity contribution is 14.1. The summed E-state index contributed by atoms with van der Waals surface area (Å²) in [4.78, 5) is 12.2. The molecule has 1 amide bonds. The number of nitrogens with one attached hydrogen (secondary N) is 1. The van der Waals surface area contributed by atoms with E-state index in [9.17, 15) is 9.18 Å². The third kappa shape index (κ3) is 2.27. The predicted octanol–water partition coefficient (Wildman–Crippen LogP) is 3.81. The highest BCUT2D eigenvalue weighted by Crippen LogP contribution is 2.55. The van der Waals surface area contributed by atoms with Gasteiger partial charge in [0.15, 0.2) is 0 Å². The fourth-order valence-corrected chi connectivity index (χ4v) is 3.80. The molecule has 2 atom stereocenters. The molecule has 0 bridgehead atoms. The molecule has 0 aromatic heterocycles. The second-order valence-electron chi connectivity index (χ2n) is 5.25. The number of halogens is 2. The molecule has 0 aliphatic heterocycles. The Bertz CT molecular complexity index is 479. The molecule has 2 nitrogen and oxygen atoms in total. The maximum atomic E-state index is 13.0. The molecule has 0 radical (unpaired) electrons. The molecule has 1 N–H and O–H groups in total. The van der Waals surface area contributed by atoms with Crippen LogP contribution in [0.5, 0.6) is 0 Å². The zero-order valence-corrected chi connectivity index (χ0v) is 12.1. The smallest absolute Gasteiger partial charge is 0.228 e. The van der Waals surface area contributed by atoms with Crippen LogP contribution in [0.25, 0.3) is 0 Å². The Morgan fingerprint density at radius 2 is 1.94 bits per heavy atom. The Hall–Kier alpha value is -0.650. The van der Waals surface area contributed by atoms with Crippen LogP contribution < -0.4 is 5.32 Å². The average Bonchev–Trinajstić information content (AvgIpc) is 3.07. The SMILES string of the molecule is O=C(Nc1ccc(F)cc1I)C1C2CCCCC21. The third-order valence-electron chi connectivity index (χ3n) is 4.15. The van der Waals surface area contributed by atoms with Crippen LogP contribution >= 0.6 is 22.6 Å². The zero-order valence-electron chi connectivity index (χ0n) is 9.96. The average molecular weight is 359 g/mol. The van der Waals surface area contributed by atoms with Gasteiger partial charge in [0.1, 0.15) is 5.82 Å². The molecule has 2 saturated carbocycles. The number of hydrogen-bond donors (Lipinski definition) is 1. The third-order valence-corrected chi connectivity index (χ3v) is 5.04. The summed E-state index contributed by atoms with van der Waals surface area (Å²) in [6.45, 7) is 0. The second kappa shape index (κ2) is 4.79. The lowest BCUT2D eigenvalue weighted by Gasteiger charge is -2.07. The first-order valence-electron chi connectivity index (χ1n) is 6.43. The van der Waals surface area contributed by atoms with Crippen molar-refractivity contribution in [1.29, 1.82) is 0 Å². The lowest BCUT2D eigenvalue weighted by Crippen LogP contribution is -2.16. The van der Waals surface area contributed by atoms with Gasteiger partial charge in [0.05, 0.1) is 5.69 Å². The minimum absolute atomic E-state index is 0.122. The molecule has 4 heteroatoms. The number of fused-ring (bicyclic) bond motifs is 1. The number of benzene rings is 1. The minimum Gasteiger partial charge on any atom is -0.325 e. The fraction of sp³-hybridized carbons (Fsp3) is 0.500. The van der Waals surface area contributed by atoms with Gasteiger partial charge in [-0.05, 0) is 65.5 Å². The van der Waals surface area contributed by atoms with E-state index in [2.05, 4.69) is 5.32 Å². The van der Waals surface area contributed by atoms with Crippen molar-refractivity contribution < 1.29 is 9.18 Å². The standard InChI is InChI=1S/C14H15FINO/c15-8-5-6-12(11(16)7-8)17-14(18)13-9-3-1-2-4-10(9)13/h5-7,9-10,13H,1-4H2,(H,17,18). The highest BCUT2D eigenvalue weighted by Gasteiger charge is 2.54. The van der Waals surface area contributed by atoms with Crippen LogP contribution in [-0.4, -0.2) is 5.91 Å². The number of hydrogen-bond acceptors (Lipinski definition) is 1. The summed E-state index contributed by atoms with van der Waals surface area (Å²) in [5, 5.41) is 2.94. The number of rotatable bonds is 2. The number of amides is 1. The first-order valence-corrected chi connectivity index (χ1v) is 7.50. The lowest BCUT2D eigenvalue weighted by atomic mass is 10.0. The van der Waals surface area contributed by atoms with Crippen LogP contribution in [0.15, 0.2) is 18.2 Å². The Balaban J connectivity index is 1.68. The van der Waals surface area contributed by atoms with Crippen molar-refractivity contribution in [3.05, 3.63) is 27.6 Å². The number of carbonyl (C=O) groups excluding carboxylic acids is 1. The molecule has 3 rings (SSSR count). The van der Waals surface area contributed by atoms with Crippen molar-refractivity contribution in [2.24, 2.45) is 17.8 Å². The number of anilines is 1. The van der Waals surface area contributed by atoms with E-state index in [1.165, 1.54) is 37.8 Å². The van der Waals surface area contributed by atoms with Gasteiger partial charge in [-0.1, -0.05) is 12.8 Å². The van der Waals surface area contributed by atoms with E-state index in [0.29, 0.717) is 11.8 Å². The zero-order chi connectivity index (χ0) is 12.7. The van der Waals surface area contributed by atoms with Gasteiger partial charge in [0.2, 0.25) is 5.91 Å². The van der Waals surface area contributed by atoms with Crippen LogP contribution in [0.1, 0.15) is 25.7 Å². The van der Waals surface area contributed by atoms with E-state index in [1.807, 2.05) is 22.6 Å². The monoisotopic (exact) mass is 359 g/mol. The van der Waals surface area contributed by atoms with Crippen molar-refractivity contribution in [3.63, 3.8) is 0 Å². The summed E-state index contributed by atoms with van der Waals surface area (Å²) in [6.07, 6.45) is 4.92. The molecule has 96 valence electrons. The quantitative estimate of drug-likeness (QED) is 0.800. The van der Waals surface area contributed by atoms with E-state index < -0.39 is 0 Å². The van der Waals surface area contributed by atoms with Gasteiger partial charge < -0.3 is 5.32 Å². The van der Waals surface area contributed by atoms with E-state index >= 15 is 0 Å². The maximum absolute atomic E-state index is 13.0. The van der Waals surface area contributed by atoms with E-state index in [1.54, 1.807) is 6.07 Å². The molecule has 2 fully saturated rings. The summed E-state index contributed by atoms with van der Waals surface area (Å²) in [7, 11) is 0. The Morgan fingerprint density at radius 3 is 2.56 bits per heavy atom. The fourth-order valence-electron chi connectivity index (χ4n) is 3.19. The molecule has 0 heterocycles. The van der Waals surface area contributed by atoms with Gasteiger partial charge in [0.25, 0.3) is 0 Å². The molecule has 2 unspecified atom stereocenters. The van der Waals surface area contributed by atoms with Gasteiger partial charge in [-0.15, -0.1) is 0 Å². The summed E-state index contributed by atoms with van der Waals surface area (Å²) < 4.78 is 13.7. The molecular weight excluding hydrogens is 344 g/mol. The summed E-state index contributed by atoms with van der Waals surface area (Å²) >= 11 is 2.05. The van der Waals surface area contributed by atoms with Crippen molar-refractivity contribution >= 4 is 34.2 Å². The van der Waals surface area contributed by atoms with Gasteiger partial charge >= 0.3 is 0 Å². The predicted molar refractivity (Wildman–Crippen MR) is 76.7 cm³/mol. The first-order chi connectivity index (χ1) is 8.66. The van der Waals surface area contributed by atoms with Gasteiger partial charge in [-0.2, -0.15) is 0 Å². The van der Waals surface area contributed by atoms with E-state index in [0.717, 1.165) is 9.26 Å². The normalized spacial score (nSPS) is 29.6. The molecular formula is C14H15FINO. The van der Waals surface area contributed by atoms with Crippen molar-refractivity contribution in [3.8, 4) is 0 Å². The lowest BCUT2D eigenvalue weighted by molar-refractivity contribution is -0.117. The Labute approximate surface area is 119 Å². The highest BCUT2D eigenvalue weighted by atomic mass is 127. The van der Waals surface area contributed by atoms with E-state index in [-0.39, 0.29) is 17.6 Å². The molecule has 18 heavy (non-hydrogen) atoms. The van der Waals surface area contributed by atoms with Crippen LogP contribution in [0, 0.1) is 27.1 Å². The summed E-state index contributed by atoms with van der Waals surface area (Å²) in [5.41, 5.74) is 0.727. The van der Waals surface area contributed by atoms with Crippen molar-refractivity contribution in [2.75, 3.05) is 5.32 Å². The Kier molecular flexibility index (Phi) is 3.30. The van der Waals surface area contributed by atoms with Gasteiger partial charge in [0, 0.05) is 9.49 Å². The van der Waals surface area contributed by atoms with Crippen molar-refractivity contribution in [2.45, 2.75) is 25.7 Å². The van der Waals surface area contributed by atoms with Crippen LogP contribution in [-0.2, 0) is 4.79 Å². The summed E-state index contributed by atoms with van der Waals surface area (Å²) in [5.74, 6) is 1.27. The summed E-state index contributed by atoms with van der Waals surface area (Å²) in [6, 6.07) is 4.47. The van der Waals surface area contributed by atoms with Gasteiger partial charge in [-0.3, -0.25) is 4.79 Å². The molecule has 1 aromatic carbocycles. The second-order valence-corrected chi connectivity index (χ2v) is 6.41. The minimum atomic E-state index is -0.266. The molecule has 2 aliphatic carbocycles. The van der Waals surface area contributed by atoms with Crippen LogP contribution in [0.3, 0.4) is 0 Å². The van der Waals surface area contributed by atoms with Crippen LogP contribution in [0.2, 0.25) is 0 Å². The van der Waals surface area contributed by atoms with Crippen LogP contribution in [0.4, 0.5) is 10.1 Å². The molecule has 0 saturated heterocycles. The van der Waals surface area contributed by atoms with E-state index in [4.69, 9.17) is 0 Å². The molecule has 1 aromatic rings. The maximum Gasteiger partial charge on any atom is 0.228 e. The largest absolute Gasteiger partial charge is 0.325 e. The number of carbonyl (C=O) groups is 1. The molecule has 2 aliphatic rings. The molecule has 0 spiro atoms.